The van der Waals surface area contributed by atoms with E-state index in [0.29, 0.717) is 12.0 Å². The molecule has 128 valence electrons. The van der Waals surface area contributed by atoms with Gasteiger partial charge in [0.2, 0.25) is 0 Å². The van der Waals surface area contributed by atoms with Gasteiger partial charge in [-0.1, -0.05) is 61.7 Å². The summed E-state index contributed by atoms with van der Waals surface area (Å²) < 4.78 is 10.7. The maximum absolute atomic E-state index is 12.3. The molecule has 23 heavy (non-hydrogen) atoms. The minimum atomic E-state index is -2.00. The van der Waals surface area contributed by atoms with E-state index in [1.165, 1.54) is 7.11 Å². The van der Waals surface area contributed by atoms with Crippen LogP contribution in [0.5, 0.6) is 0 Å². The Hall–Kier alpha value is -1.69. The molecule has 5 heteroatoms. The average molecular weight is 322 g/mol. The van der Waals surface area contributed by atoms with E-state index < -0.39 is 11.8 Å². The van der Waals surface area contributed by atoms with Crippen molar-refractivity contribution in [3.63, 3.8) is 0 Å². The topological polar surface area (TPSA) is 65.0 Å². The number of hydrogen-bond acceptors (Lipinski definition) is 5. The van der Waals surface area contributed by atoms with Crippen LogP contribution in [0.2, 0.25) is 0 Å². The lowest BCUT2D eigenvalue weighted by Crippen LogP contribution is -2.44. The number of allylic oxidation sites excluding steroid dienone is 1. The van der Waals surface area contributed by atoms with Gasteiger partial charge in [0.1, 0.15) is 0 Å². The largest absolute Gasteiger partial charge is 0.465 e. The van der Waals surface area contributed by atoms with Crippen molar-refractivity contribution >= 4 is 5.97 Å². The number of benzene rings is 1. The molecule has 0 fully saturated rings. The molecule has 1 aromatic rings. The van der Waals surface area contributed by atoms with E-state index in [-0.39, 0.29) is 6.10 Å². The summed E-state index contributed by atoms with van der Waals surface area (Å²) in [6, 6.07) is 8.56. The average Bonchev–Trinajstić information content (AvgIpc) is 2.57. The minimum absolute atomic E-state index is 0.373. The Morgan fingerprint density at radius 2 is 1.96 bits per heavy atom. The molecule has 0 aliphatic heterocycles. The van der Waals surface area contributed by atoms with Gasteiger partial charge in [-0.2, -0.15) is 4.89 Å². The molecule has 0 amide bonds. The van der Waals surface area contributed by atoms with E-state index in [2.05, 4.69) is 11.8 Å². The van der Waals surface area contributed by atoms with Crippen LogP contribution in [0.3, 0.4) is 0 Å². The highest BCUT2D eigenvalue weighted by Crippen LogP contribution is 2.31. The third kappa shape index (κ3) is 5.16. The Balaban J connectivity index is 3.22. The maximum Gasteiger partial charge on any atom is 0.374 e. The number of ether oxygens (including phenoxy) is 2. The van der Waals surface area contributed by atoms with Crippen LogP contribution >= 0.6 is 0 Å². The molecule has 0 saturated carbocycles. The normalized spacial score (nSPS) is 14.7. The monoisotopic (exact) mass is 322 g/mol. The first kappa shape index (κ1) is 19.4. The molecule has 0 spiro atoms. The molecule has 1 aromatic carbocycles. The summed E-state index contributed by atoms with van der Waals surface area (Å²) in [6.45, 7) is 5.97. The van der Waals surface area contributed by atoms with E-state index in [0.717, 1.165) is 18.4 Å². The first-order valence-corrected chi connectivity index (χ1v) is 7.79. The summed E-state index contributed by atoms with van der Waals surface area (Å²) in [4.78, 5) is 16.9. The van der Waals surface area contributed by atoms with Crippen LogP contribution in [-0.2, 0) is 24.9 Å². The lowest BCUT2D eigenvalue weighted by atomic mass is 10.0. The predicted octanol–water partition coefficient (Wildman–Crippen LogP) is 4.04. The Kier molecular flexibility index (Phi) is 7.95. The second kappa shape index (κ2) is 9.45. The third-order valence-electron chi connectivity index (χ3n) is 3.42. The molecule has 5 nitrogen and oxygen atoms in total. The number of carbonyl (C=O) groups excluding carboxylic acids is 1. The van der Waals surface area contributed by atoms with Crippen LogP contribution in [0.25, 0.3) is 0 Å². The fraction of sp³-hybridized carbons (Fsp3) is 0.500. The Morgan fingerprint density at radius 3 is 2.43 bits per heavy atom. The van der Waals surface area contributed by atoms with Crippen molar-refractivity contribution in [3.8, 4) is 0 Å². The van der Waals surface area contributed by atoms with E-state index in [4.69, 9.17) is 9.47 Å². The molecule has 1 N–H and O–H groups in total. The minimum Gasteiger partial charge on any atom is -0.465 e. The van der Waals surface area contributed by atoms with E-state index in [1.54, 1.807) is 30.3 Å². The fourth-order valence-electron chi connectivity index (χ4n) is 2.30. The highest BCUT2D eigenvalue weighted by molar-refractivity contribution is 5.79. The summed E-state index contributed by atoms with van der Waals surface area (Å²) in [7, 11) is 1.23. The number of rotatable bonds is 9. The number of hydrogen-bond donors (Lipinski definition) is 1. The van der Waals surface area contributed by atoms with Gasteiger partial charge >= 0.3 is 11.8 Å². The van der Waals surface area contributed by atoms with Crippen molar-refractivity contribution in [1.82, 2.24) is 0 Å². The molecule has 1 unspecified atom stereocenters. The molecule has 0 aromatic heterocycles. The summed E-state index contributed by atoms with van der Waals surface area (Å²) >= 11 is 0. The molecule has 0 radical (unpaired) electrons. The zero-order valence-electron chi connectivity index (χ0n) is 14.2. The smallest absolute Gasteiger partial charge is 0.374 e. The van der Waals surface area contributed by atoms with Crippen LogP contribution in [-0.4, -0.2) is 24.4 Å². The van der Waals surface area contributed by atoms with Gasteiger partial charge in [0.25, 0.3) is 0 Å². The summed E-state index contributed by atoms with van der Waals surface area (Å²) in [5, 5.41) is 9.49. The van der Waals surface area contributed by atoms with E-state index >= 15 is 0 Å². The molecule has 0 heterocycles. The quantitative estimate of drug-likeness (QED) is 0.244. The lowest BCUT2D eigenvalue weighted by molar-refractivity contribution is -0.405. The fourth-order valence-corrected chi connectivity index (χ4v) is 2.30. The molecule has 0 saturated heterocycles. The van der Waals surface area contributed by atoms with Gasteiger partial charge in [-0.15, -0.1) is 0 Å². The standard InChI is InChI=1S/C18H26O5/c1-5-6-12-16(13-14(2)3)22-18(23-20,17(19)21-4)15-10-8-7-9-11-15/h7-11,13,16,20H,5-6,12H2,1-4H3/t16-,18?/m0/s1. The molecule has 0 bridgehead atoms. The van der Waals surface area contributed by atoms with Crippen molar-refractivity contribution in [3.05, 3.63) is 47.5 Å². The summed E-state index contributed by atoms with van der Waals surface area (Å²) in [6.07, 6.45) is 4.15. The number of unbranched alkanes of at least 4 members (excludes halogenated alkanes) is 1. The van der Waals surface area contributed by atoms with Gasteiger partial charge in [0.15, 0.2) is 0 Å². The number of methoxy groups -OCH3 is 1. The van der Waals surface area contributed by atoms with Gasteiger partial charge in [-0.25, -0.2) is 10.1 Å². The second-order valence-electron chi connectivity index (χ2n) is 5.61. The van der Waals surface area contributed by atoms with E-state index in [1.807, 2.05) is 19.9 Å². The maximum atomic E-state index is 12.3. The molecule has 1 rings (SSSR count). The molecular weight excluding hydrogens is 296 g/mol. The van der Waals surface area contributed by atoms with Gasteiger partial charge < -0.3 is 9.47 Å². The predicted molar refractivity (Wildman–Crippen MR) is 87.7 cm³/mol. The number of carbonyl (C=O) groups is 1. The van der Waals surface area contributed by atoms with Crippen molar-refractivity contribution in [1.29, 1.82) is 0 Å². The van der Waals surface area contributed by atoms with Crippen LogP contribution < -0.4 is 0 Å². The molecule has 0 aliphatic carbocycles. The van der Waals surface area contributed by atoms with Gasteiger partial charge in [-0.05, 0) is 20.3 Å². The van der Waals surface area contributed by atoms with Crippen molar-refractivity contribution in [2.24, 2.45) is 0 Å². The first-order valence-electron chi connectivity index (χ1n) is 7.79. The zero-order valence-corrected chi connectivity index (χ0v) is 14.2. The van der Waals surface area contributed by atoms with Crippen LogP contribution in [0.4, 0.5) is 0 Å². The Labute approximate surface area is 137 Å². The molecule has 0 aliphatic rings. The van der Waals surface area contributed by atoms with Crippen molar-refractivity contribution in [2.45, 2.75) is 51.9 Å². The van der Waals surface area contributed by atoms with Crippen molar-refractivity contribution < 1.29 is 24.4 Å². The van der Waals surface area contributed by atoms with E-state index in [9.17, 15) is 10.1 Å². The van der Waals surface area contributed by atoms with Crippen LogP contribution in [0.15, 0.2) is 42.0 Å². The molecular formula is C18H26O5. The Morgan fingerprint density at radius 1 is 1.30 bits per heavy atom. The summed E-state index contributed by atoms with van der Waals surface area (Å²) in [5.74, 6) is -2.81. The Bertz CT molecular complexity index is 507. The zero-order chi connectivity index (χ0) is 17.3. The van der Waals surface area contributed by atoms with Crippen LogP contribution in [0.1, 0.15) is 45.6 Å². The highest BCUT2D eigenvalue weighted by Gasteiger charge is 2.47. The number of esters is 1. The summed E-state index contributed by atoms with van der Waals surface area (Å²) in [5.41, 5.74) is 1.42. The highest BCUT2D eigenvalue weighted by atomic mass is 17.1. The van der Waals surface area contributed by atoms with Gasteiger partial charge in [0.05, 0.1) is 13.2 Å². The van der Waals surface area contributed by atoms with Crippen molar-refractivity contribution in [2.75, 3.05) is 7.11 Å². The lowest BCUT2D eigenvalue weighted by Gasteiger charge is -2.31. The second-order valence-corrected chi connectivity index (χ2v) is 5.61. The SMILES string of the molecule is CCCC[C@@H](C=C(C)C)OC(OO)(C(=O)OC)c1ccccc1. The molecule has 2 atom stereocenters. The van der Waals surface area contributed by atoms with Crippen LogP contribution in [0, 0.1) is 0 Å². The third-order valence-corrected chi connectivity index (χ3v) is 3.42. The van der Waals surface area contributed by atoms with Gasteiger partial charge in [-0.3, -0.25) is 0 Å². The first-order chi connectivity index (χ1) is 11.0. The van der Waals surface area contributed by atoms with Gasteiger partial charge in [0, 0.05) is 5.56 Å².